The molecule has 1 aromatic carbocycles. The van der Waals surface area contributed by atoms with Gasteiger partial charge in [-0.3, -0.25) is 19.5 Å². The lowest BCUT2D eigenvalue weighted by molar-refractivity contribution is -0.172. The summed E-state index contributed by atoms with van der Waals surface area (Å²) in [6.45, 7) is 2.33. The number of hydrogen-bond acceptors (Lipinski definition) is 5. The number of ketones is 1. The molecule has 2 aromatic rings. The lowest BCUT2D eigenvalue weighted by atomic mass is 9.89. The van der Waals surface area contributed by atoms with Gasteiger partial charge in [0, 0.05) is 30.4 Å². The number of Topliss-reactive ketones (excluding diaryl/α,β-unsaturated/α-hetero) is 1. The van der Waals surface area contributed by atoms with Crippen molar-refractivity contribution in [3.8, 4) is 0 Å². The van der Waals surface area contributed by atoms with Crippen molar-refractivity contribution in [1.29, 1.82) is 0 Å². The first-order valence-electron chi connectivity index (χ1n) is 10.3. The minimum atomic E-state index is -0.545. The second kappa shape index (κ2) is 9.02. The van der Waals surface area contributed by atoms with E-state index in [0.717, 1.165) is 37.2 Å². The van der Waals surface area contributed by atoms with Gasteiger partial charge in [-0.15, -0.1) is 0 Å². The molecule has 4 rings (SSSR count). The minimum Gasteiger partial charge on any atom is -0.363 e. The number of aromatic nitrogens is 1. The third kappa shape index (κ3) is 4.74. The minimum absolute atomic E-state index is 0.0568. The summed E-state index contributed by atoms with van der Waals surface area (Å²) >= 11 is 0. The molecule has 2 aliphatic heterocycles. The first kappa shape index (κ1) is 20.6. The molecule has 0 bridgehead atoms. The molecule has 1 aromatic heterocycles. The molecule has 1 amide bonds. The summed E-state index contributed by atoms with van der Waals surface area (Å²) < 4.78 is 18.7. The first-order valence-corrected chi connectivity index (χ1v) is 10.3. The van der Waals surface area contributed by atoms with E-state index in [2.05, 4.69) is 9.88 Å². The van der Waals surface area contributed by atoms with E-state index >= 15 is 0 Å². The topological polar surface area (TPSA) is 62.7 Å². The fraction of sp³-hybridized carbons (Fsp3) is 0.435. The summed E-state index contributed by atoms with van der Waals surface area (Å²) in [5.41, 5.74) is 1.62. The highest BCUT2D eigenvalue weighted by Crippen LogP contribution is 2.31. The summed E-state index contributed by atoms with van der Waals surface area (Å²) in [6.07, 6.45) is 3.05. The van der Waals surface area contributed by atoms with Crippen LogP contribution in [0.2, 0.25) is 0 Å². The van der Waals surface area contributed by atoms with E-state index in [1.54, 1.807) is 17.0 Å². The number of carbonyl (C=O) groups excluding carboxylic acids is 2. The van der Waals surface area contributed by atoms with Crippen LogP contribution in [0.15, 0.2) is 48.7 Å². The Morgan fingerprint density at radius 1 is 1.13 bits per heavy atom. The smallest absolute Gasteiger partial charge is 0.249 e. The maximum atomic E-state index is 12.7. The van der Waals surface area contributed by atoms with Crippen molar-refractivity contribution in [2.45, 2.75) is 31.7 Å². The Balaban J connectivity index is 1.33. The van der Waals surface area contributed by atoms with Crippen LogP contribution in [0.4, 0.5) is 4.39 Å². The Morgan fingerprint density at radius 3 is 2.57 bits per heavy atom. The standard InChI is InChI=1S/C23H26FN3O3/c24-12-18-6-7-20(25-13-18)14-27-17-23(30-16-22(27)29)8-10-26(11-9-23)15-21(28)19-4-2-1-3-5-19/h1-7,13H,8-12,14-17H2. The molecule has 2 saturated heterocycles. The Hall–Kier alpha value is -2.64. The molecular formula is C23H26FN3O3. The molecule has 7 heteroatoms. The van der Waals surface area contributed by atoms with Crippen molar-refractivity contribution in [2.75, 3.05) is 32.8 Å². The molecule has 2 aliphatic rings. The van der Waals surface area contributed by atoms with Gasteiger partial charge in [-0.1, -0.05) is 36.4 Å². The highest BCUT2D eigenvalue weighted by atomic mass is 19.1. The molecule has 0 N–H and O–H groups in total. The quantitative estimate of drug-likeness (QED) is 0.684. The normalized spacial score (nSPS) is 19.2. The summed E-state index contributed by atoms with van der Waals surface area (Å²) in [6, 6.07) is 12.8. The van der Waals surface area contributed by atoms with Crippen molar-refractivity contribution in [2.24, 2.45) is 0 Å². The molecule has 2 fully saturated rings. The Morgan fingerprint density at radius 2 is 1.90 bits per heavy atom. The van der Waals surface area contributed by atoms with E-state index in [0.29, 0.717) is 25.2 Å². The van der Waals surface area contributed by atoms with Gasteiger partial charge >= 0.3 is 0 Å². The van der Waals surface area contributed by atoms with E-state index in [1.165, 1.54) is 6.20 Å². The number of hydrogen-bond donors (Lipinski definition) is 0. The molecule has 0 unspecified atom stereocenters. The number of rotatable bonds is 6. The molecular weight excluding hydrogens is 385 g/mol. The zero-order valence-electron chi connectivity index (χ0n) is 16.9. The first-order chi connectivity index (χ1) is 14.6. The second-order valence-corrected chi connectivity index (χ2v) is 8.08. The number of carbonyl (C=O) groups is 2. The summed E-state index contributed by atoms with van der Waals surface area (Å²) in [4.78, 5) is 33.0. The van der Waals surface area contributed by atoms with Gasteiger partial charge in [0.15, 0.2) is 5.78 Å². The van der Waals surface area contributed by atoms with E-state index in [-0.39, 0.29) is 23.9 Å². The lowest BCUT2D eigenvalue weighted by Crippen LogP contribution is -2.58. The molecule has 3 heterocycles. The SMILES string of the molecule is O=C(CN1CCC2(CC1)CN(Cc1ccc(CF)cn1)C(=O)CO2)c1ccccc1. The molecule has 6 nitrogen and oxygen atoms in total. The van der Waals surface area contributed by atoms with Crippen molar-refractivity contribution in [3.05, 3.63) is 65.5 Å². The van der Waals surface area contributed by atoms with Crippen LogP contribution in [0.5, 0.6) is 0 Å². The largest absolute Gasteiger partial charge is 0.363 e. The van der Waals surface area contributed by atoms with Crippen molar-refractivity contribution < 1.29 is 18.7 Å². The molecule has 0 saturated carbocycles. The van der Waals surface area contributed by atoms with Gasteiger partial charge in [-0.05, 0) is 18.9 Å². The van der Waals surface area contributed by atoms with Crippen LogP contribution in [0.25, 0.3) is 0 Å². The number of amides is 1. The number of ether oxygens (including phenoxy) is 1. The number of likely N-dealkylation sites (tertiary alicyclic amines) is 1. The van der Waals surface area contributed by atoms with Crippen LogP contribution in [-0.4, -0.2) is 64.9 Å². The predicted octanol–water partition coefficient (Wildman–Crippen LogP) is 2.63. The van der Waals surface area contributed by atoms with E-state index in [9.17, 15) is 14.0 Å². The van der Waals surface area contributed by atoms with Gasteiger partial charge in [0.2, 0.25) is 5.91 Å². The van der Waals surface area contributed by atoms with Crippen LogP contribution >= 0.6 is 0 Å². The molecule has 0 radical (unpaired) electrons. The van der Waals surface area contributed by atoms with Crippen LogP contribution in [0.1, 0.15) is 34.5 Å². The maximum absolute atomic E-state index is 12.7. The van der Waals surface area contributed by atoms with Crippen molar-refractivity contribution in [3.63, 3.8) is 0 Å². The highest BCUT2D eigenvalue weighted by Gasteiger charge is 2.42. The summed E-state index contributed by atoms with van der Waals surface area (Å²) in [5.74, 6) is 0.0643. The number of alkyl halides is 1. The average Bonchev–Trinajstić information content (AvgIpc) is 2.79. The monoisotopic (exact) mass is 411 g/mol. The molecule has 30 heavy (non-hydrogen) atoms. The fourth-order valence-corrected chi connectivity index (χ4v) is 4.09. The Kier molecular flexibility index (Phi) is 6.20. The summed E-state index contributed by atoms with van der Waals surface area (Å²) in [5, 5.41) is 0. The number of piperidine rings is 1. The second-order valence-electron chi connectivity index (χ2n) is 8.08. The zero-order chi connectivity index (χ0) is 21.0. The number of pyridine rings is 1. The number of nitrogens with zero attached hydrogens (tertiary/aromatic N) is 3. The highest BCUT2D eigenvalue weighted by molar-refractivity contribution is 5.97. The fourth-order valence-electron chi connectivity index (χ4n) is 4.09. The lowest BCUT2D eigenvalue weighted by Gasteiger charge is -2.46. The van der Waals surface area contributed by atoms with Crippen LogP contribution in [0, 0.1) is 0 Å². The molecule has 1 spiro atoms. The van der Waals surface area contributed by atoms with Gasteiger partial charge in [-0.25, -0.2) is 4.39 Å². The van der Waals surface area contributed by atoms with E-state index in [1.807, 2.05) is 30.3 Å². The average molecular weight is 411 g/mol. The van der Waals surface area contributed by atoms with Crippen molar-refractivity contribution >= 4 is 11.7 Å². The molecule has 0 aliphatic carbocycles. The maximum Gasteiger partial charge on any atom is 0.249 e. The predicted molar refractivity (Wildman–Crippen MR) is 110 cm³/mol. The van der Waals surface area contributed by atoms with E-state index < -0.39 is 6.67 Å². The Labute approximate surface area is 175 Å². The van der Waals surface area contributed by atoms with E-state index in [4.69, 9.17) is 4.74 Å². The number of morpholine rings is 1. The van der Waals surface area contributed by atoms with Crippen LogP contribution in [-0.2, 0) is 22.8 Å². The van der Waals surface area contributed by atoms with Crippen LogP contribution in [0.3, 0.4) is 0 Å². The van der Waals surface area contributed by atoms with Gasteiger partial charge in [0.25, 0.3) is 0 Å². The van der Waals surface area contributed by atoms with Gasteiger partial charge in [0.05, 0.1) is 30.9 Å². The van der Waals surface area contributed by atoms with Gasteiger partial charge in [-0.2, -0.15) is 0 Å². The Bertz CT molecular complexity index is 880. The van der Waals surface area contributed by atoms with Crippen molar-refractivity contribution in [1.82, 2.24) is 14.8 Å². The van der Waals surface area contributed by atoms with Gasteiger partial charge < -0.3 is 9.64 Å². The number of benzene rings is 1. The number of halogens is 1. The third-order valence-corrected chi connectivity index (χ3v) is 5.96. The molecule has 158 valence electrons. The van der Waals surface area contributed by atoms with Crippen LogP contribution < -0.4 is 0 Å². The zero-order valence-corrected chi connectivity index (χ0v) is 16.9. The third-order valence-electron chi connectivity index (χ3n) is 5.96. The molecule has 0 atom stereocenters. The summed E-state index contributed by atoms with van der Waals surface area (Å²) in [7, 11) is 0. The van der Waals surface area contributed by atoms with Gasteiger partial charge in [0.1, 0.15) is 13.3 Å².